The van der Waals surface area contributed by atoms with Gasteiger partial charge in [0.25, 0.3) is 0 Å². The quantitative estimate of drug-likeness (QED) is 0.679. The molecule has 0 radical (unpaired) electrons. The second-order valence-corrected chi connectivity index (χ2v) is 4.14. The molecule has 1 unspecified atom stereocenters. The van der Waals surface area contributed by atoms with Gasteiger partial charge in [-0.3, -0.25) is 4.79 Å². The molecule has 2 heterocycles. The van der Waals surface area contributed by atoms with E-state index in [2.05, 4.69) is 0 Å². The standard InChI is InChI=1S/C10H12O2S/c11-10(9-5-3-7-13-9)8-4-1-2-6-12-8/h3,5,7-8H,1-2,4,6H2. The molecule has 1 aliphatic heterocycles. The molecule has 1 aromatic heterocycles. The van der Waals surface area contributed by atoms with E-state index in [9.17, 15) is 4.79 Å². The Bertz CT molecular complexity index is 273. The molecule has 2 nitrogen and oxygen atoms in total. The Hall–Kier alpha value is -0.670. The Labute approximate surface area is 81.5 Å². The third kappa shape index (κ3) is 1.98. The van der Waals surface area contributed by atoms with Crippen LogP contribution in [-0.2, 0) is 4.74 Å². The lowest BCUT2D eigenvalue weighted by atomic mass is 10.0. The van der Waals surface area contributed by atoms with Crippen molar-refractivity contribution in [3.05, 3.63) is 22.4 Å². The van der Waals surface area contributed by atoms with Gasteiger partial charge in [-0.25, -0.2) is 0 Å². The molecular weight excluding hydrogens is 184 g/mol. The molecule has 0 bridgehead atoms. The number of rotatable bonds is 2. The average Bonchev–Trinajstić information content (AvgIpc) is 2.71. The van der Waals surface area contributed by atoms with Gasteiger partial charge in [-0.1, -0.05) is 6.07 Å². The topological polar surface area (TPSA) is 26.3 Å². The molecule has 2 rings (SSSR count). The third-order valence-corrected chi connectivity index (χ3v) is 3.12. The van der Waals surface area contributed by atoms with E-state index < -0.39 is 0 Å². The average molecular weight is 196 g/mol. The Kier molecular flexibility index (Phi) is 2.76. The normalized spacial score (nSPS) is 22.9. The monoisotopic (exact) mass is 196 g/mol. The van der Waals surface area contributed by atoms with Gasteiger partial charge >= 0.3 is 0 Å². The Balaban J connectivity index is 2.04. The van der Waals surface area contributed by atoms with Crippen LogP contribution >= 0.6 is 11.3 Å². The van der Waals surface area contributed by atoms with E-state index in [1.54, 1.807) is 0 Å². The van der Waals surface area contributed by atoms with E-state index in [4.69, 9.17) is 4.74 Å². The van der Waals surface area contributed by atoms with E-state index >= 15 is 0 Å². The van der Waals surface area contributed by atoms with E-state index in [1.165, 1.54) is 11.3 Å². The van der Waals surface area contributed by atoms with Crippen molar-refractivity contribution >= 4 is 17.1 Å². The first-order chi connectivity index (χ1) is 6.38. The number of Topliss-reactive ketones (excluding diaryl/α,β-unsaturated/α-hetero) is 1. The zero-order valence-electron chi connectivity index (χ0n) is 7.36. The molecule has 1 aromatic rings. The maximum absolute atomic E-state index is 11.7. The summed E-state index contributed by atoms with van der Waals surface area (Å²) in [5.41, 5.74) is 0. The molecule has 1 atom stereocenters. The fourth-order valence-electron chi connectivity index (χ4n) is 1.52. The smallest absolute Gasteiger partial charge is 0.201 e. The third-order valence-electron chi connectivity index (χ3n) is 2.24. The lowest BCUT2D eigenvalue weighted by Gasteiger charge is -2.20. The van der Waals surface area contributed by atoms with Crippen molar-refractivity contribution in [1.82, 2.24) is 0 Å². The summed E-state index contributed by atoms with van der Waals surface area (Å²) in [7, 11) is 0. The predicted octanol–water partition coefficient (Wildman–Crippen LogP) is 2.50. The van der Waals surface area contributed by atoms with Gasteiger partial charge in [0.1, 0.15) is 6.10 Å². The number of carbonyl (C=O) groups is 1. The summed E-state index contributed by atoms with van der Waals surface area (Å²) in [4.78, 5) is 12.6. The van der Waals surface area contributed by atoms with Crippen LogP contribution in [0.1, 0.15) is 28.9 Å². The molecule has 0 N–H and O–H groups in total. The highest BCUT2D eigenvalue weighted by molar-refractivity contribution is 7.12. The SMILES string of the molecule is O=C(c1cccs1)C1CCCCO1. The van der Waals surface area contributed by atoms with Gasteiger partial charge in [0.05, 0.1) is 4.88 Å². The maximum atomic E-state index is 11.7. The summed E-state index contributed by atoms with van der Waals surface area (Å²) < 4.78 is 5.42. The Morgan fingerprint density at radius 3 is 3.08 bits per heavy atom. The summed E-state index contributed by atoms with van der Waals surface area (Å²) in [5, 5.41) is 1.93. The lowest BCUT2D eigenvalue weighted by Crippen LogP contribution is -2.27. The van der Waals surface area contributed by atoms with Crippen LogP contribution < -0.4 is 0 Å². The fourth-order valence-corrected chi connectivity index (χ4v) is 2.23. The number of hydrogen-bond donors (Lipinski definition) is 0. The first-order valence-electron chi connectivity index (χ1n) is 4.57. The van der Waals surface area contributed by atoms with Crippen LogP contribution in [0.4, 0.5) is 0 Å². The molecule has 1 fully saturated rings. The van der Waals surface area contributed by atoms with Gasteiger partial charge in [0.2, 0.25) is 5.78 Å². The van der Waals surface area contributed by atoms with Gasteiger partial charge in [-0.05, 0) is 30.7 Å². The number of carbonyl (C=O) groups excluding carboxylic acids is 1. The van der Waals surface area contributed by atoms with Crippen molar-refractivity contribution in [3.63, 3.8) is 0 Å². The molecule has 70 valence electrons. The van der Waals surface area contributed by atoms with Crippen LogP contribution in [-0.4, -0.2) is 18.5 Å². The van der Waals surface area contributed by atoms with Crippen molar-refractivity contribution < 1.29 is 9.53 Å². The van der Waals surface area contributed by atoms with Crippen molar-refractivity contribution in [2.45, 2.75) is 25.4 Å². The summed E-state index contributed by atoms with van der Waals surface area (Å²) >= 11 is 1.50. The van der Waals surface area contributed by atoms with E-state index in [0.29, 0.717) is 0 Å². The van der Waals surface area contributed by atoms with E-state index in [1.807, 2.05) is 17.5 Å². The minimum absolute atomic E-state index is 0.162. The van der Waals surface area contributed by atoms with Gasteiger partial charge in [0, 0.05) is 6.61 Å². The van der Waals surface area contributed by atoms with Crippen molar-refractivity contribution in [3.8, 4) is 0 Å². The molecule has 3 heteroatoms. The number of ketones is 1. The molecule has 0 spiro atoms. The first kappa shape index (κ1) is 8.91. The van der Waals surface area contributed by atoms with Crippen LogP contribution in [0.5, 0.6) is 0 Å². The van der Waals surface area contributed by atoms with E-state index in [-0.39, 0.29) is 11.9 Å². The van der Waals surface area contributed by atoms with Gasteiger partial charge in [-0.15, -0.1) is 11.3 Å². The Morgan fingerprint density at radius 2 is 2.46 bits per heavy atom. The molecule has 1 saturated heterocycles. The lowest BCUT2D eigenvalue weighted by molar-refractivity contribution is 0.0189. The zero-order valence-corrected chi connectivity index (χ0v) is 8.18. The predicted molar refractivity (Wildman–Crippen MR) is 52.2 cm³/mol. The second-order valence-electron chi connectivity index (χ2n) is 3.20. The Morgan fingerprint density at radius 1 is 1.54 bits per heavy atom. The molecule has 0 aliphatic carbocycles. The van der Waals surface area contributed by atoms with E-state index in [0.717, 1.165) is 30.7 Å². The van der Waals surface area contributed by atoms with Crippen LogP contribution in [0.25, 0.3) is 0 Å². The summed E-state index contributed by atoms with van der Waals surface area (Å²) in [6.45, 7) is 0.738. The number of thiophene rings is 1. The van der Waals surface area contributed by atoms with Gasteiger partial charge < -0.3 is 4.74 Å². The van der Waals surface area contributed by atoms with Crippen LogP contribution in [0.3, 0.4) is 0 Å². The largest absolute Gasteiger partial charge is 0.370 e. The van der Waals surface area contributed by atoms with Crippen LogP contribution in [0.2, 0.25) is 0 Å². The molecule has 0 aromatic carbocycles. The summed E-state index contributed by atoms with van der Waals surface area (Å²) in [5.74, 6) is 0.162. The van der Waals surface area contributed by atoms with Gasteiger partial charge in [0.15, 0.2) is 0 Å². The van der Waals surface area contributed by atoms with Gasteiger partial charge in [-0.2, -0.15) is 0 Å². The highest BCUT2D eigenvalue weighted by Crippen LogP contribution is 2.19. The molecule has 0 saturated carbocycles. The minimum Gasteiger partial charge on any atom is -0.370 e. The van der Waals surface area contributed by atoms with Crippen LogP contribution in [0, 0.1) is 0 Å². The maximum Gasteiger partial charge on any atom is 0.201 e. The highest BCUT2D eigenvalue weighted by atomic mass is 32.1. The molecular formula is C10H12O2S. The van der Waals surface area contributed by atoms with Crippen molar-refractivity contribution in [1.29, 1.82) is 0 Å². The molecule has 1 aliphatic rings. The molecule has 0 amide bonds. The summed E-state index contributed by atoms with van der Waals surface area (Å²) in [6.07, 6.45) is 2.92. The molecule has 13 heavy (non-hydrogen) atoms. The van der Waals surface area contributed by atoms with Crippen LogP contribution in [0.15, 0.2) is 17.5 Å². The zero-order chi connectivity index (χ0) is 9.10. The first-order valence-corrected chi connectivity index (χ1v) is 5.45. The number of hydrogen-bond acceptors (Lipinski definition) is 3. The summed E-state index contributed by atoms with van der Waals surface area (Å²) in [6, 6.07) is 3.77. The van der Waals surface area contributed by atoms with Crippen molar-refractivity contribution in [2.24, 2.45) is 0 Å². The minimum atomic E-state index is -0.174. The number of ether oxygens (including phenoxy) is 1. The van der Waals surface area contributed by atoms with Crippen molar-refractivity contribution in [2.75, 3.05) is 6.61 Å². The second kappa shape index (κ2) is 4.03. The fraction of sp³-hybridized carbons (Fsp3) is 0.500. The highest BCUT2D eigenvalue weighted by Gasteiger charge is 2.23.